The van der Waals surface area contributed by atoms with Gasteiger partial charge in [-0.25, -0.2) is 18.2 Å². The number of sulfonamides is 1. The molecule has 1 aliphatic heterocycles. The van der Waals surface area contributed by atoms with Crippen LogP contribution >= 0.6 is 11.8 Å². The molecule has 10 heteroatoms. The summed E-state index contributed by atoms with van der Waals surface area (Å²) in [6.07, 6.45) is 2.66. The van der Waals surface area contributed by atoms with Gasteiger partial charge in [-0.2, -0.15) is 0 Å². The lowest BCUT2D eigenvalue weighted by Crippen LogP contribution is -2.44. The standard InChI is InChI=1S/C13H14N4O4S2/c1-15-8-10(12(18)16(2)13(15)19)23(20,21)17-6-7-22-11-9(17)4-3-5-14-11/h3-5,8H,6-7H2,1-2H3. The second kappa shape index (κ2) is 5.53. The van der Waals surface area contributed by atoms with Crippen LogP contribution in [0.5, 0.6) is 0 Å². The average molecular weight is 354 g/mol. The second-order valence-electron chi connectivity index (χ2n) is 5.00. The molecular weight excluding hydrogens is 340 g/mol. The van der Waals surface area contributed by atoms with E-state index in [2.05, 4.69) is 4.98 Å². The van der Waals surface area contributed by atoms with Crippen molar-refractivity contribution in [2.24, 2.45) is 14.1 Å². The maximum Gasteiger partial charge on any atom is 0.330 e. The molecule has 0 saturated carbocycles. The van der Waals surface area contributed by atoms with E-state index >= 15 is 0 Å². The highest BCUT2D eigenvalue weighted by Crippen LogP contribution is 2.35. The first-order chi connectivity index (χ1) is 10.8. The molecule has 2 aromatic rings. The third-order valence-electron chi connectivity index (χ3n) is 3.54. The van der Waals surface area contributed by atoms with Gasteiger partial charge in [-0.3, -0.25) is 13.7 Å². The fourth-order valence-corrected chi connectivity index (χ4v) is 5.08. The molecule has 0 radical (unpaired) electrons. The molecule has 0 aliphatic carbocycles. The highest BCUT2D eigenvalue weighted by molar-refractivity contribution is 7.99. The van der Waals surface area contributed by atoms with Gasteiger partial charge in [0.15, 0.2) is 4.90 Å². The summed E-state index contributed by atoms with van der Waals surface area (Å²) in [4.78, 5) is 27.8. The molecule has 122 valence electrons. The fraction of sp³-hybridized carbons (Fsp3) is 0.308. The van der Waals surface area contributed by atoms with E-state index in [4.69, 9.17) is 0 Å². The third kappa shape index (κ3) is 2.47. The predicted molar refractivity (Wildman–Crippen MR) is 86.4 cm³/mol. The van der Waals surface area contributed by atoms with Crippen LogP contribution in [0.25, 0.3) is 0 Å². The minimum Gasteiger partial charge on any atom is -0.302 e. The van der Waals surface area contributed by atoms with Crippen molar-refractivity contribution in [1.82, 2.24) is 14.1 Å². The van der Waals surface area contributed by atoms with E-state index in [9.17, 15) is 18.0 Å². The topological polar surface area (TPSA) is 94.3 Å². The van der Waals surface area contributed by atoms with E-state index in [0.29, 0.717) is 16.5 Å². The Morgan fingerprint density at radius 2 is 2.00 bits per heavy atom. The molecular formula is C13H14N4O4S2. The minimum atomic E-state index is -4.08. The van der Waals surface area contributed by atoms with Crippen molar-refractivity contribution in [2.75, 3.05) is 16.6 Å². The van der Waals surface area contributed by atoms with Gasteiger partial charge >= 0.3 is 5.69 Å². The van der Waals surface area contributed by atoms with Crippen LogP contribution in [0, 0.1) is 0 Å². The molecule has 23 heavy (non-hydrogen) atoms. The van der Waals surface area contributed by atoms with Gasteiger partial charge in [0, 0.05) is 38.8 Å². The maximum absolute atomic E-state index is 12.9. The van der Waals surface area contributed by atoms with Crippen molar-refractivity contribution < 1.29 is 8.42 Å². The Morgan fingerprint density at radius 1 is 1.26 bits per heavy atom. The largest absolute Gasteiger partial charge is 0.330 e. The zero-order chi connectivity index (χ0) is 16.8. The first-order valence-electron chi connectivity index (χ1n) is 6.71. The van der Waals surface area contributed by atoms with E-state index in [1.807, 2.05) is 0 Å². The summed E-state index contributed by atoms with van der Waals surface area (Å²) in [5.74, 6) is 0.537. The summed E-state index contributed by atoms with van der Waals surface area (Å²) in [6.45, 7) is 0.234. The Hall–Kier alpha value is -2.07. The van der Waals surface area contributed by atoms with Crippen LogP contribution < -0.4 is 15.6 Å². The molecule has 1 aliphatic rings. The summed E-state index contributed by atoms with van der Waals surface area (Å²) in [5.41, 5.74) is -0.971. The van der Waals surface area contributed by atoms with Crippen LogP contribution in [0.15, 0.2) is 44.0 Å². The molecule has 0 bridgehead atoms. The number of anilines is 1. The van der Waals surface area contributed by atoms with Crippen molar-refractivity contribution in [3.63, 3.8) is 0 Å². The van der Waals surface area contributed by atoms with Gasteiger partial charge < -0.3 is 4.57 Å². The van der Waals surface area contributed by atoms with Gasteiger partial charge in [0.2, 0.25) is 0 Å². The molecule has 2 aromatic heterocycles. The monoisotopic (exact) mass is 354 g/mol. The highest BCUT2D eigenvalue weighted by atomic mass is 32.2. The molecule has 0 saturated heterocycles. The molecule has 0 spiro atoms. The zero-order valence-electron chi connectivity index (χ0n) is 12.5. The van der Waals surface area contributed by atoms with E-state index in [1.54, 1.807) is 18.3 Å². The average Bonchev–Trinajstić information content (AvgIpc) is 2.55. The first-order valence-corrected chi connectivity index (χ1v) is 9.14. The Balaban J connectivity index is 2.23. The summed E-state index contributed by atoms with van der Waals surface area (Å²) in [7, 11) is -1.42. The summed E-state index contributed by atoms with van der Waals surface area (Å²) in [6, 6.07) is 3.30. The lowest BCUT2D eigenvalue weighted by atomic mass is 10.4. The molecule has 3 rings (SSSR count). The van der Waals surface area contributed by atoms with Crippen molar-refractivity contribution in [1.29, 1.82) is 0 Å². The quantitative estimate of drug-likeness (QED) is 0.740. The van der Waals surface area contributed by atoms with E-state index in [0.717, 1.165) is 15.3 Å². The van der Waals surface area contributed by atoms with Crippen LogP contribution in [0.3, 0.4) is 0 Å². The number of hydrogen-bond donors (Lipinski definition) is 0. The van der Waals surface area contributed by atoms with E-state index in [1.165, 1.54) is 30.2 Å². The zero-order valence-corrected chi connectivity index (χ0v) is 14.1. The van der Waals surface area contributed by atoms with Crippen LogP contribution in [0.1, 0.15) is 0 Å². The smallest absolute Gasteiger partial charge is 0.302 e. The van der Waals surface area contributed by atoms with Crippen LogP contribution in [0.4, 0.5) is 5.69 Å². The second-order valence-corrected chi connectivity index (χ2v) is 7.92. The predicted octanol–water partition coefficient (Wildman–Crippen LogP) is -0.220. The Morgan fingerprint density at radius 3 is 2.74 bits per heavy atom. The SMILES string of the molecule is Cn1cc(S(=O)(=O)N2CCSc3ncccc32)c(=O)n(C)c1=O. The third-order valence-corrected chi connectivity index (χ3v) is 6.31. The van der Waals surface area contributed by atoms with Crippen molar-refractivity contribution in [3.8, 4) is 0 Å². The number of fused-ring (bicyclic) bond motifs is 1. The van der Waals surface area contributed by atoms with E-state index in [-0.39, 0.29) is 6.54 Å². The van der Waals surface area contributed by atoms with Crippen LogP contribution in [-0.2, 0) is 24.1 Å². The lowest BCUT2D eigenvalue weighted by molar-refractivity contribution is 0.580. The van der Waals surface area contributed by atoms with Crippen molar-refractivity contribution in [2.45, 2.75) is 9.92 Å². The Labute approximate surface area is 136 Å². The number of aromatic nitrogens is 3. The fourth-order valence-electron chi connectivity index (χ4n) is 2.35. The lowest BCUT2D eigenvalue weighted by Gasteiger charge is -2.29. The van der Waals surface area contributed by atoms with Crippen molar-refractivity contribution in [3.05, 3.63) is 45.4 Å². The van der Waals surface area contributed by atoms with E-state index < -0.39 is 26.2 Å². The maximum atomic E-state index is 12.9. The molecule has 0 unspecified atom stereocenters. The molecule has 0 atom stereocenters. The summed E-state index contributed by atoms with van der Waals surface area (Å²) < 4.78 is 28.9. The van der Waals surface area contributed by atoms with Gasteiger partial charge in [-0.1, -0.05) is 0 Å². The Kier molecular flexibility index (Phi) is 3.80. The van der Waals surface area contributed by atoms with Gasteiger partial charge in [0.05, 0.1) is 5.69 Å². The molecule has 0 fully saturated rings. The first kappa shape index (κ1) is 15.8. The molecule has 8 nitrogen and oxygen atoms in total. The number of hydrogen-bond acceptors (Lipinski definition) is 6. The minimum absolute atomic E-state index is 0.234. The Bertz CT molecular complexity index is 994. The number of nitrogens with zero attached hydrogens (tertiary/aromatic N) is 4. The molecule has 0 N–H and O–H groups in total. The number of pyridine rings is 1. The van der Waals surface area contributed by atoms with Crippen molar-refractivity contribution >= 4 is 27.5 Å². The summed E-state index contributed by atoms with van der Waals surface area (Å²) >= 11 is 1.46. The number of thioether (sulfide) groups is 1. The normalized spacial score (nSPS) is 14.6. The molecule has 0 amide bonds. The van der Waals surface area contributed by atoms with Crippen LogP contribution in [0.2, 0.25) is 0 Å². The van der Waals surface area contributed by atoms with Gasteiger partial charge in [-0.15, -0.1) is 11.8 Å². The van der Waals surface area contributed by atoms with Gasteiger partial charge in [-0.05, 0) is 12.1 Å². The highest BCUT2D eigenvalue weighted by Gasteiger charge is 2.33. The van der Waals surface area contributed by atoms with Gasteiger partial charge in [0.25, 0.3) is 15.6 Å². The van der Waals surface area contributed by atoms with Gasteiger partial charge in [0.1, 0.15) is 5.03 Å². The number of aryl methyl sites for hydroxylation is 1. The van der Waals surface area contributed by atoms with Crippen LogP contribution in [-0.4, -0.2) is 34.8 Å². The number of rotatable bonds is 2. The molecule has 0 aromatic carbocycles. The summed E-state index contributed by atoms with van der Waals surface area (Å²) in [5, 5.41) is 0.601. The molecule has 3 heterocycles.